The fourth-order valence-electron chi connectivity index (χ4n) is 3.56. The Morgan fingerprint density at radius 3 is 2.81 bits per heavy atom. The summed E-state index contributed by atoms with van der Waals surface area (Å²) in [5.41, 5.74) is 0.710. The van der Waals surface area contributed by atoms with Gasteiger partial charge in [-0.25, -0.2) is 4.68 Å². The van der Waals surface area contributed by atoms with Crippen LogP contribution in [0.25, 0.3) is 0 Å². The molecule has 32 heavy (non-hydrogen) atoms. The van der Waals surface area contributed by atoms with Gasteiger partial charge < -0.3 is 19.6 Å². The number of rotatable bonds is 6. The molecular formula is C20H32F3N5O4. The fraction of sp³-hybridized carbons (Fsp3) is 0.800. The summed E-state index contributed by atoms with van der Waals surface area (Å²) < 4.78 is 45.2. The van der Waals surface area contributed by atoms with Crippen molar-refractivity contribution in [3.8, 4) is 0 Å². The lowest BCUT2D eigenvalue weighted by molar-refractivity contribution is -0.150. The van der Waals surface area contributed by atoms with Gasteiger partial charge in [0.05, 0.1) is 43.7 Å². The highest BCUT2D eigenvalue weighted by atomic mass is 19.4. The zero-order valence-electron chi connectivity index (χ0n) is 18.7. The molecule has 0 saturated carbocycles. The number of amides is 2. The molecule has 0 fully saturated rings. The van der Waals surface area contributed by atoms with Crippen molar-refractivity contribution in [1.82, 2.24) is 24.8 Å². The molecule has 1 aromatic rings. The van der Waals surface area contributed by atoms with Crippen molar-refractivity contribution in [3.05, 3.63) is 11.9 Å². The van der Waals surface area contributed by atoms with Crippen LogP contribution in [0.5, 0.6) is 0 Å². The minimum atomic E-state index is -4.40. The molecule has 2 amide bonds. The van der Waals surface area contributed by atoms with E-state index >= 15 is 0 Å². The third kappa shape index (κ3) is 7.73. The number of aryl methyl sites for hydroxylation is 1. The second kappa shape index (κ2) is 11.6. The van der Waals surface area contributed by atoms with Gasteiger partial charge >= 0.3 is 6.18 Å². The maximum absolute atomic E-state index is 12.8. The topological polar surface area (TPSA) is 101 Å². The predicted octanol–water partition coefficient (Wildman–Crippen LogP) is 1.60. The molecule has 0 aliphatic carbocycles. The molecule has 2 rings (SSSR count). The van der Waals surface area contributed by atoms with Crippen molar-refractivity contribution in [3.63, 3.8) is 0 Å². The van der Waals surface area contributed by atoms with Crippen LogP contribution in [-0.2, 0) is 27.5 Å². The van der Waals surface area contributed by atoms with Gasteiger partial charge in [-0.2, -0.15) is 13.2 Å². The van der Waals surface area contributed by atoms with Gasteiger partial charge in [-0.1, -0.05) is 12.1 Å². The number of likely N-dealkylation sites (N-methyl/N-ethyl adjacent to an activating group) is 1. The molecule has 1 N–H and O–H groups in total. The molecule has 0 aromatic carbocycles. The molecule has 0 radical (unpaired) electrons. The summed E-state index contributed by atoms with van der Waals surface area (Å²) in [7, 11) is 1.44. The molecule has 182 valence electrons. The first kappa shape index (κ1) is 26.0. The van der Waals surface area contributed by atoms with Crippen LogP contribution in [0, 0.1) is 5.92 Å². The maximum atomic E-state index is 12.8. The Bertz CT molecular complexity index is 758. The summed E-state index contributed by atoms with van der Waals surface area (Å²) in [6.07, 6.45) is -4.38. The molecule has 0 unspecified atom stereocenters. The van der Waals surface area contributed by atoms with Crippen LogP contribution < -0.4 is 0 Å². The van der Waals surface area contributed by atoms with Gasteiger partial charge in [0.15, 0.2) is 0 Å². The van der Waals surface area contributed by atoms with E-state index in [0.717, 1.165) is 0 Å². The Morgan fingerprint density at radius 2 is 2.16 bits per heavy atom. The second-order valence-electron chi connectivity index (χ2n) is 8.35. The molecule has 12 heteroatoms. The first-order valence-corrected chi connectivity index (χ1v) is 10.7. The quantitative estimate of drug-likeness (QED) is 0.688. The van der Waals surface area contributed by atoms with Crippen LogP contribution in [-0.4, -0.2) is 86.8 Å². The summed E-state index contributed by atoms with van der Waals surface area (Å²) in [6.45, 7) is 4.38. The molecule has 0 saturated heterocycles. The van der Waals surface area contributed by atoms with Gasteiger partial charge in [-0.05, 0) is 13.3 Å². The number of aromatic nitrogens is 3. The van der Waals surface area contributed by atoms with E-state index in [1.165, 1.54) is 11.9 Å². The Morgan fingerprint density at radius 1 is 1.44 bits per heavy atom. The lowest BCUT2D eigenvalue weighted by atomic mass is 10.0. The van der Waals surface area contributed by atoms with E-state index in [2.05, 4.69) is 10.3 Å². The third-order valence-corrected chi connectivity index (χ3v) is 5.64. The number of halogens is 3. The second-order valence-corrected chi connectivity index (χ2v) is 8.35. The molecule has 3 atom stereocenters. The summed E-state index contributed by atoms with van der Waals surface area (Å²) in [6, 6.07) is -0.401. The lowest BCUT2D eigenvalue weighted by Crippen LogP contribution is -2.48. The predicted molar refractivity (Wildman–Crippen MR) is 108 cm³/mol. The number of carbonyl (C=O) groups is 2. The normalized spacial score (nSPS) is 22.0. The standard InChI is InChI=1S/C20H32F3N5O4/c1-14-10-27(15(2)12-29)19(31)5-4-8-28-16(9-24-25-28)13-32-17(14)11-26(3)18(30)6-7-20(21,22)23/h9,14-15,17,29H,4-8,10-13H2,1-3H3/t14-,15-,17-/m0/s1. The zero-order chi connectivity index (χ0) is 23.9. The number of hydrogen-bond donors (Lipinski definition) is 1. The Balaban J connectivity index is 2.18. The van der Waals surface area contributed by atoms with Crippen LogP contribution in [0.15, 0.2) is 6.20 Å². The average Bonchev–Trinajstić information content (AvgIpc) is 3.17. The highest BCUT2D eigenvalue weighted by Gasteiger charge is 2.31. The maximum Gasteiger partial charge on any atom is 0.389 e. The van der Waals surface area contributed by atoms with Crippen LogP contribution in [0.3, 0.4) is 0 Å². The van der Waals surface area contributed by atoms with Gasteiger partial charge in [0.2, 0.25) is 11.8 Å². The van der Waals surface area contributed by atoms with E-state index in [0.29, 0.717) is 18.7 Å². The van der Waals surface area contributed by atoms with Crippen LogP contribution in [0.2, 0.25) is 0 Å². The van der Waals surface area contributed by atoms with E-state index in [1.807, 2.05) is 6.92 Å². The minimum Gasteiger partial charge on any atom is -0.394 e. The number of alkyl halides is 3. The molecule has 1 aliphatic rings. The van der Waals surface area contributed by atoms with Crippen molar-refractivity contribution in [2.75, 3.05) is 26.7 Å². The summed E-state index contributed by atoms with van der Waals surface area (Å²) in [5, 5.41) is 17.5. The molecule has 9 nitrogen and oxygen atoms in total. The SMILES string of the molecule is C[C@H]1CN([C@@H](C)CO)C(=O)CCCn2nncc2CO[C@H]1CN(C)C(=O)CCC(F)(F)F. The van der Waals surface area contributed by atoms with Gasteiger partial charge in [0.1, 0.15) is 0 Å². The van der Waals surface area contributed by atoms with Crippen LogP contribution in [0.1, 0.15) is 45.2 Å². The lowest BCUT2D eigenvalue weighted by Gasteiger charge is -2.35. The van der Waals surface area contributed by atoms with Crippen molar-refractivity contribution in [2.45, 2.75) is 71.0 Å². The van der Waals surface area contributed by atoms with Gasteiger partial charge in [-0.15, -0.1) is 5.10 Å². The number of aliphatic hydroxyl groups is 1. The van der Waals surface area contributed by atoms with E-state index in [9.17, 15) is 27.9 Å². The Kier molecular flexibility index (Phi) is 9.44. The third-order valence-electron chi connectivity index (χ3n) is 5.64. The Labute approximate surface area is 185 Å². The number of carbonyl (C=O) groups excluding carboxylic acids is 2. The van der Waals surface area contributed by atoms with Crippen LogP contribution >= 0.6 is 0 Å². The first-order chi connectivity index (χ1) is 15.0. The zero-order valence-corrected chi connectivity index (χ0v) is 18.7. The Hall–Kier alpha value is -2.21. The number of fused-ring (bicyclic) bond motifs is 1. The van der Waals surface area contributed by atoms with Gasteiger partial charge in [0.25, 0.3) is 0 Å². The number of nitrogens with zero attached hydrogens (tertiary/aromatic N) is 5. The number of ether oxygens (including phenoxy) is 1. The number of hydrogen-bond acceptors (Lipinski definition) is 6. The van der Waals surface area contributed by atoms with Crippen LogP contribution in [0.4, 0.5) is 13.2 Å². The highest BCUT2D eigenvalue weighted by Crippen LogP contribution is 2.22. The monoisotopic (exact) mass is 463 g/mol. The van der Waals surface area contributed by atoms with Crippen molar-refractivity contribution < 1.29 is 32.6 Å². The molecule has 0 bridgehead atoms. The molecule has 1 aromatic heterocycles. The van der Waals surface area contributed by atoms with E-state index < -0.39 is 37.1 Å². The van der Waals surface area contributed by atoms with Crippen molar-refractivity contribution >= 4 is 11.8 Å². The minimum absolute atomic E-state index is 0.0644. The smallest absolute Gasteiger partial charge is 0.389 e. The summed E-state index contributed by atoms with van der Waals surface area (Å²) in [4.78, 5) is 27.8. The van der Waals surface area contributed by atoms with Crippen molar-refractivity contribution in [2.24, 2.45) is 5.92 Å². The molecule has 2 heterocycles. The summed E-state index contributed by atoms with van der Waals surface area (Å²) in [5.74, 6) is -1.00. The molecule has 0 spiro atoms. The van der Waals surface area contributed by atoms with Gasteiger partial charge in [0, 0.05) is 45.4 Å². The molecular weight excluding hydrogens is 431 g/mol. The van der Waals surface area contributed by atoms with Gasteiger partial charge in [-0.3, -0.25) is 9.59 Å². The molecule has 1 aliphatic heterocycles. The average molecular weight is 464 g/mol. The van der Waals surface area contributed by atoms with Crippen molar-refractivity contribution in [1.29, 1.82) is 0 Å². The van der Waals surface area contributed by atoms with E-state index in [4.69, 9.17) is 4.74 Å². The highest BCUT2D eigenvalue weighted by molar-refractivity contribution is 5.76. The van der Waals surface area contributed by atoms with E-state index in [-0.39, 0.29) is 44.5 Å². The largest absolute Gasteiger partial charge is 0.394 e. The summed E-state index contributed by atoms with van der Waals surface area (Å²) >= 11 is 0. The fourth-order valence-corrected chi connectivity index (χ4v) is 3.56. The van der Waals surface area contributed by atoms with E-state index in [1.54, 1.807) is 22.7 Å². The first-order valence-electron chi connectivity index (χ1n) is 10.7. The number of aliphatic hydroxyl groups excluding tert-OH is 1.